The highest BCUT2D eigenvalue weighted by Crippen LogP contribution is 2.23. The molecule has 0 N–H and O–H groups in total. The molecule has 21 heavy (non-hydrogen) atoms. The van der Waals surface area contributed by atoms with Gasteiger partial charge in [0.25, 0.3) is 0 Å². The van der Waals surface area contributed by atoms with Gasteiger partial charge in [-0.15, -0.1) is 0 Å². The zero-order valence-electron chi connectivity index (χ0n) is 12.6. The van der Waals surface area contributed by atoms with E-state index in [2.05, 4.69) is 27.6 Å². The van der Waals surface area contributed by atoms with E-state index in [1.54, 1.807) is 17.3 Å². The van der Waals surface area contributed by atoms with E-state index in [1.807, 2.05) is 26.8 Å². The van der Waals surface area contributed by atoms with Crippen LogP contribution < -0.4 is 4.74 Å². The largest absolute Gasteiger partial charge is 0.492 e. The summed E-state index contributed by atoms with van der Waals surface area (Å²) in [7, 11) is 0. The highest BCUT2D eigenvalue weighted by Gasteiger charge is 2.30. The van der Waals surface area contributed by atoms with Crippen molar-refractivity contribution in [3.63, 3.8) is 0 Å². The molecule has 1 aromatic rings. The monoisotopic (exact) mass is 404 g/mol. The van der Waals surface area contributed by atoms with E-state index in [9.17, 15) is 4.79 Å². The highest BCUT2D eigenvalue weighted by atomic mass is 127. The maximum Gasteiger partial charge on any atom is 0.410 e. The summed E-state index contributed by atoms with van der Waals surface area (Å²) in [4.78, 5) is 17.8. The third-order valence-corrected chi connectivity index (χ3v) is 3.96. The van der Waals surface area contributed by atoms with Gasteiger partial charge in [-0.05, 0) is 55.8 Å². The first-order chi connectivity index (χ1) is 9.85. The van der Waals surface area contributed by atoms with Crippen molar-refractivity contribution in [1.29, 1.82) is 0 Å². The molecule has 6 heteroatoms. The second-order valence-electron chi connectivity index (χ2n) is 6.20. The Morgan fingerprint density at radius 1 is 1.52 bits per heavy atom. The Hall–Kier alpha value is -1.05. The number of ether oxygens (including phenoxy) is 2. The molecule has 1 aliphatic heterocycles. The van der Waals surface area contributed by atoms with E-state index in [4.69, 9.17) is 9.47 Å². The molecular formula is C15H21IN2O3. The van der Waals surface area contributed by atoms with E-state index in [0.29, 0.717) is 19.1 Å². The maximum absolute atomic E-state index is 12.0. The molecule has 0 aromatic carbocycles. The molecule has 1 saturated heterocycles. The lowest BCUT2D eigenvalue weighted by molar-refractivity contribution is 0.0285. The molecule has 0 bridgehead atoms. The van der Waals surface area contributed by atoms with Crippen molar-refractivity contribution in [2.24, 2.45) is 5.92 Å². The summed E-state index contributed by atoms with van der Waals surface area (Å²) >= 11 is 2.20. The van der Waals surface area contributed by atoms with Crippen LogP contribution in [-0.2, 0) is 4.74 Å². The molecule has 2 rings (SSSR count). The van der Waals surface area contributed by atoms with E-state index >= 15 is 0 Å². The molecule has 1 aromatic heterocycles. The SMILES string of the molecule is CC(C)(C)OC(=O)N1CC[C@H](COc2ccncc2I)C1. The number of aromatic nitrogens is 1. The van der Waals surface area contributed by atoms with E-state index < -0.39 is 5.60 Å². The minimum atomic E-state index is -0.446. The van der Waals surface area contributed by atoms with Crippen LogP contribution in [0.1, 0.15) is 27.2 Å². The molecule has 1 atom stereocenters. The fourth-order valence-electron chi connectivity index (χ4n) is 2.15. The Morgan fingerprint density at radius 2 is 2.29 bits per heavy atom. The van der Waals surface area contributed by atoms with Crippen molar-refractivity contribution in [2.45, 2.75) is 32.8 Å². The van der Waals surface area contributed by atoms with Gasteiger partial charge < -0.3 is 14.4 Å². The quantitative estimate of drug-likeness (QED) is 0.726. The zero-order chi connectivity index (χ0) is 15.5. The van der Waals surface area contributed by atoms with Crippen molar-refractivity contribution in [3.05, 3.63) is 22.0 Å². The van der Waals surface area contributed by atoms with Gasteiger partial charge in [0.15, 0.2) is 0 Å². The van der Waals surface area contributed by atoms with Gasteiger partial charge in [0, 0.05) is 31.4 Å². The van der Waals surface area contributed by atoms with Crippen LogP contribution in [0, 0.1) is 9.49 Å². The van der Waals surface area contributed by atoms with Gasteiger partial charge in [0.2, 0.25) is 0 Å². The molecule has 0 radical (unpaired) electrons. The first-order valence-electron chi connectivity index (χ1n) is 7.05. The molecule has 0 aliphatic carbocycles. The minimum absolute atomic E-state index is 0.233. The van der Waals surface area contributed by atoms with Crippen molar-refractivity contribution < 1.29 is 14.3 Å². The predicted molar refractivity (Wildman–Crippen MR) is 88.4 cm³/mol. The van der Waals surface area contributed by atoms with Crippen LogP contribution >= 0.6 is 22.6 Å². The second kappa shape index (κ2) is 6.81. The van der Waals surface area contributed by atoms with Crippen LogP contribution in [0.15, 0.2) is 18.5 Å². The number of halogens is 1. The average Bonchev–Trinajstić information content (AvgIpc) is 2.85. The van der Waals surface area contributed by atoms with Gasteiger partial charge in [-0.1, -0.05) is 0 Å². The summed E-state index contributed by atoms with van der Waals surface area (Å²) in [6.45, 7) is 7.68. The number of carbonyl (C=O) groups excluding carboxylic acids is 1. The number of hydrogen-bond acceptors (Lipinski definition) is 4. The Kier molecular flexibility index (Phi) is 5.29. The van der Waals surface area contributed by atoms with Gasteiger partial charge in [-0.3, -0.25) is 4.98 Å². The number of pyridine rings is 1. The Morgan fingerprint density at radius 3 is 2.95 bits per heavy atom. The van der Waals surface area contributed by atoms with Gasteiger partial charge in [-0.2, -0.15) is 0 Å². The zero-order valence-corrected chi connectivity index (χ0v) is 14.8. The van der Waals surface area contributed by atoms with Crippen LogP contribution in [0.25, 0.3) is 0 Å². The summed E-state index contributed by atoms with van der Waals surface area (Å²) in [6.07, 6.45) is 4.21. The first-order valence-corrected chi connectivity index (χ1v) is 8.13. The number of likely N-dealkylation sites (tertiary alicyclic amines) is 1. The molecule has 0 unspecified atom stereocenters. The lowest BCUT2D eigenvalue weighted by Gasteiger charge is -2.24. The number of amides is 1. The van der Waals surface area contributed by atoms with Crippen LogP contribution in [0.2, 0.25) is 0 Å². The standard InChI is InChI=1S/C15H21IN2O3/c1-15(2,3)21-14(19)18-7-5-11(9-18)10-20-13-4-6-17-8-12(13)16/h4,6,8,11H,5,7,9-10H2,1-3H3/t11-/m0/s1. The third-order valence-electron chi connectivity index (χ3n) is 3.15. The Bertz CT molecular complexity index is 502. The smallest absolute Gasteiger partial charge is 0.410 e. The molecule has 0 saturated carbocycles. The van der Waals surface area contributed by atoms with E-state index in [1.165, 1.54) is 0 Å². The third kappa shape index (κ3) is 5.01. The molecular weight excluding hydrogens is 383 g/mol. The lowest BCUT2D eigenvalue weighted by atomic mass is 10.1. The Labute approximate surface area is 139 Å². The fourth-order valence-corrected chi connectivity index (χ4v) is 2.64. The van der Waals surface area contributed by atoms with Crippen molar-refractivity contribution >= 4 is 28.7 Å². The number of rotatable bonds is 3. The van der Waals surface area contributed by atoms with Crippen LogP contribution in [0.3, 0.4) is 0 Å². The predicted octanol–water partition coefficient (Wildman–Crippen LogP) is 3.32. The van der Waals surface area contributed by atoms with Crippen molar-refractivity contribution in [2.75, 3.05) is 19.7 Å². The average molecular weight is 404 g/mol. The topological polar surface area (TPSA) is 51.7 Å². The molecule has 2 heterocycles. The van der Waals surface area contributed by atoms with Crippen LogP contribution in [0.4, 0.5) is 4.79 Å². The first kappa shape index (κ1) is 16.3. The molecule has 1 fully saturated rings. The molecule has 5 nitrogen and oxygen atoms in total. The summed E-state index contributed by atoms with van der Waals surface area (Å²) in [5, 5.41) is 0. The normalized spacial score (nSPS) is 18.7. The summed E-state index contributed by atoms with van der Waals surface area (Å²) in [5.74, 6) is 1.20. The minimum Gasteiger partial charge on any atom is -0.492 e. The lowest BCUT2D eigenvalue weighted by Crippen LogP contribution is -2.35. The van der Waals surface area contributed by atoms with Gasteiger partial charge in [0.1, 0.15) is 11.4 Å². The number of hydrogen-bond donors (Lipinski definition) is 0. The van der Waals surface area contributed by atoms with Crippen molar-refractivity contribution in [1.82, 2.24) is 9.88 Å². The Balaban J connectivity index is 1.80. The van der Waals surface area contributed by atoms with Gasteiger partial charge in [-0.25, -0.2) is 4.79 Å². The molecule has 116 valence electrons. The highest BCUT2D eigenvalue weighted by molar-refractivity contribution is 14.1. The summed E-state index contributed by atoms with van der Waals surface area (Å²) in [5.41, 5.74) is -0.446. The summed E-state index contributed by atoms with van der Waals surface area (Å²) < 4.78 is 12.2. The maximum atomic E-state index is 12.0. The van der Waals surface area contributed by atoms with Crippen LogP contribution in [0.5, 0.6) is 5.75 Å². The number of nitrogens with zero attached hydrogens (tertiary/aromatic N) is 2. The molecule has 0 spiro atoms. The van der Waals surface area contributed by atoms with E-state index in [0.717, 1.165) is 22.3 Å². The molecule has 1 aliphatic rings. The fraction of sp³-hybridized carbons (Fsp3) is 0.600. The van der Waals surface area contributed by atoms with Crippen LogP contribution in [-0.4, -0.2) is 41.3 Å². The number of carbonyl (C=O) groups is 1. The van der Waals surface area contributed by atoms with Gasteiger partial charge in [0.05, 0.1) is 10.2 Å². The second-order valence-corrected chi connectivity index (χ2v) is 7.36. The van der Waals surface area contributed by atoms with E-state index in [-0.39, 0.29) is 6.09 Å². The summed E-state index contributed by atoms with van der Waals surface area (Å²) in [6, 6.07) is 1.86. The van der Waals surface area contributed by atoms with Gasteiger partial charge >= 0.3 is 6.09 Å². The molecule has 1 amide bonds. The van der Waals surface area contributed by atoms with Crippen molar-refractivity contribution in [3.8, 4) is 5.75 Å².